The maximum absolute atomic E-state index is 12.1. The van der Waals surface area contributed by atoms with Gasteiger partial charge in [0.25, 0.3) is 0 Å². The van der Waals surface area contributed by atoms with Crippen LogP contribution in [0.2, 0.25) is 0 Å². The fraction of sp³-hybridized carbons (Fsp3) is 0.867. The first kappa shape index (κ1) is 15.1. The number of rotatable bonds is 0. The lowest BCUT2D eigenvalue weighted by Crippen LogP contribution is -2.58. The molecule has 0 bridgehead atoms. The minimum absolute atomic E-state index is 0.0339. The largest absolute Gasteiger partial charge is 0.444 e. The first-order valence-corrected chi connectivity index (χ1v) is 7.48. The van der Waals surface area contributed by atoms with Gasteiger partial charge in [0.15, 0.2) is 0 Å². The molecule has 2 fully saturated rings. The zero-order valence-electron chi connectivity index (χ0n) is 13.1. The molecule has 0 unspecified atom stereocenters. The van der Waals surface area contributed by atoms with Crippen molar-refractivity contribution in [3.8, 4) is 0 Å². The summed E-state index contributed by atoms with van der Waals surface area (Å²) in [5.41, 5.74) is -0.488. The standard InChI is InChI=1S/C15H26N2O3/c1-14(2,3)20-13(19)17-10-8-15(9-11-17)7-5-6-12(18)16(15)4/h5-11H2,1-4H3. The molecule has 0 radical (unpaired) electrons. The molecule has 20 heavy (non-hydrogen) atoms. The molecule has 5 heteroatoms. The Bertz CT molecular complexity index is 392. The SMILES string of the molecule is CN1C(=O)CCCC12CCN(C(=O)OC(C)(C)C)CC2. The lowest BCUT2D eigenvalue weighted by Gasteiger charge is -2.49. The number of carbonyl (C=O) groups excluding carboxylic acids is 2. The molecule has 2 amide bonds. The summed E-state index contributed by atoms with van der Waals surface area (Å²) < 4.78 is 5.41. The van der Waals surface area contributed by atoms with Crippen molar-refractivity contribution in [1.29, 1.82) is 0 Å². The molecule has 0 aromatic heterocycles. The fourth-order valence-corrected chi connectivity index (χ4v) is 3.19. The Hall–Kier alpha value is -1.26. The van der Waals surface area contributed by atoms with Gasteiger partial charge in [-0.1, -0.05) is 0 Å². The number of hydrogen-bond acceptors (Lipinski definition) is 3. The second-order valence-corrected chi connectivity index (χ2v) is 7.00. The lowest BCUT2D eigenvalue weighted by atomic mass is 9.79. The Labute approximate surface area is 121 Å². The van der Waals surface area contributed by atoms with Crippen LogP contribution in [0, 0.1) is 0 Å². The Balaban J connectivity index is 1.95. The number of amides is 2. The summed E-state index contributed by atoms with van der Waals surface area (Å²) in [5.74, 6) is 0.238. The van der Waals surface area contributed by atoms with Crippen molar-refractivity contribution in [2.75, 3.05) is 20.1 Å². The quantitative estimate of drug-likeness (QED) is 0.685. The van der Waals surface area contributed by atoms with E-state index in [0.29, 0.717) is 19.5 Å². The minimum atomic E-state index is -0.455. The molecule has 2 heterocycles. The van der Waals surface area contributed by atoms with E-state index in [1.165, 1.54) is 0 Å². The van der Waals surface area contributed by atoms with Crippen LogP contribution in [-0.4, -0.2) is 53.1 Å². The van der Waals surface area contributed by atoms with Gasteiger partial charge in [-0.25, -0.2) is 4.79 Å². The minimum Gasteiger partial charge on any atom is -0.444 e. The molecule has 1 spiro atoms. The van der Waals surface area contributed by atoms with E-state index < -0.39 is 5.60 Å². The summed E-state index contributed by atoms with van der Waals surface area (Å²) in [4.78, 5) is 27.6. The van der Waals surface area contributed by atoms with E-state index in [0.717, 1.165) is 25.7 Å². The molecule has 0 aromatic rings. The highest BCUT2D eigenvalue weighted by Crippen LogP contribution is 2.37. The predicted molar refractivity (Wildman–Crippen MR) is 76.4 cm³/mol. The van der Waals surface area contributed by atoms with E-state index >= 15 is 0 Å². The van der Waals surface area contributed by atoms with Crippen LogP contribution in [-0.2, 0) is 9.53 Å². The molecule has 0 aliphatic carbocycles. The molecule has 2 rings (SSSR count). The van der Waals surface area contributed by atoms with E-state index in [-0.39, 0.29) is 17.5 Å². The third-order valence-corrected chi connectivity index (χ3v) is 4.46. The van der Waals surface area contributed by atoms with E-state index in [1.54, 1.807) is 4.90 Å². The van der Waals surface area contributed by atoms with Crippen LogP contribution in [0.4, 0.5) is 4.79 Å². The Morgan fingerprint density at radius 3 is 2.35 bits per heavy atom. The average Bonchev–Trinajstić information content (AvgIpc) is 2.35. The second-order valence-electron chi connectivity index (χ2n) is 7.00. The number of ether oxygens (including phenoxy) is 1. The zero-order valence-corrected chi connectivity index (χ0v) is 13.1. The van der Waals surface area contributed by atoms with Crippen molar-refractivity contribution in [3.05, 3.63) is 0 Å². The summed E-state index contributed by atoms with van der Waals surface area (Å²) in [6.07, 6.45) is 4.15. The van der Waals surface area contributed by atoms with Crippen molar-refractivity contribution >= 4 is 12.0 Å². The first-order chi connectivity index (χ1) is 9.23. The second kappa shape index (κ2) is 5.26. The highest BCUT2D eigenvalue weighted by atomic mass is 16.6. The van der Waals surface area contributed by atoms with Crippen LogP contribution in [0.3, 0.4) is 0 Å². The first-order valence-electron chi connectivity index (χ1n) is 7.48. The van der Waals surface area contributed by atoms with Crippen LogP contribution in [0.5, 0.6) is 0 Å². The molecular formula is C15H26N2O3. The van der Waals surface area contributed by atoms with E-state index in [9.17, 15) is 9.59 Å². The molecule has 0 atom stereocenters. The number of hydrogen-bond donors (Lipinski definition) is 0. The molecule has 2 aliphatic rings. The molecule has 2 aliphatic heterocycles. The van der Waals surface area contributed by atoms with Crippen molar-refractivity contribution < 1.29 is 14.3 Å². The zero-order chi connectivity index (χ0) is 15.0. The number of likely N-dealkylation sites (tertiary alicyclic amines) is 2. The van der Waals surface area contributed by atoms with Gasteiger partial charge < -0.3 is 14.5 Å². The van der Waals surface area contributed by atoms with Gasteiger partial charge in [0, 0.05) is 32.1 Å². The van der Waals surface area contributed by atoms with Gasteiger partial charge in [0.05, 0.1) is 0 Å². The maximum atomic E-state index is 12.1. The van der Waals surface area contributed by atoms with Crippen molar-refractivity contribution in [2.24, 2.45) is 0 Å². The van der Waals surface area contributed by atoms with Crippen LogP contribution >= 0.6 is 0 Å². The number of carbonyl (C=O) groups is 2. The van der Waals surface area contributed by atoms with Gasteiger partial charge in [-0.2, -0.15) is 0 Å². The van der Waals surface area contributed by atoms with Crippen molar-refractivity contribution in [2.45, 2.75) is 64.0 Å². The summed E-state index contributed by atoms with van der Waals surface area (Å²) in [5, 5.41) is 0. The van der Waals surface area contributed by atoms with Crippen LogP contribution in [0.1, 0.15) is 52.9 Å². The van der Waals surface area contributed by atoms with Crippen LogP contribution in [0.15, 0.2) is 0 Å². The van der Waals surface area contributed by atoms with Gasteiger partial charge in [-0.05, 0) is 46.5 Å². The molecule has 5 nitrogen and oxygen atoms in total. The molecular weight excluding hydrogens is 256 g/mol. The van der Waals surface area contributed by atoms with Gasteiger partial charge in [-0.15, -0.1) is 0 Å². The monoisotopic (exact) mass is 282 g/mol. The summed E-state index contributed by atoms with van der Waals surface area (Å²) in [6.45, 7) is 6.98. The highest BCUT2D eigenvalue weighted by Gasteiger charge is 2.43. The van der Waals surface area contributed by atoms with Gasteiger partial charge in [0.1, 0.15) is 5.60 Å². The Morgan fingerprint density at radius 2 is 1.80 bits per heavy atom. The molecule has 0 N–H and O–H groups in total. The topological polar surface area (TPSA) is 49.9 Å². The molecule has 0 aromatic carbocycles. The number of nitrogens with zero attached hydrogens (tertiary/aromatic N) is 2. The average molecular weight is 282 g/mol. The Morgan fingerprint density at radius 1 is 1.20 bits per heavy atom. The van der Waals surface area contributed by atoms with Crippen LogP contribution in [0.25, 0.3) is 0 Å². The van der Waals surface area contributed by atoms with E-state index in [4.69, 9.17) is 4.74 Å². The van der Waals surface area contributed by atoms with Gasteiger partial charge in [0.2, 0.25) is 5.91 Å². The van der Waals surface area contributed by atoms with E-state index in [1.807, 2.05) is 32.7 Å². The fourth-order valence-electron chi connectivity index (χ4n) is 3.19. The normalized spacial score (nSPS) is 23.1. The third-order valence-electron chi connectivity index (χ3n) is 4.46. The van der Waals surface area contributed by atoms with E-state index in [2.05, 4.69) is 0 Å². The lowest BCUT2D eigenvalue weighted by molar-refractivity contribution is -0.142. The molecule has 2 saturated heterocycles. The number of piperidine rings is 2. The molecule has 114 valence electrons. The smallest absolute Gasteiger partial charge is 0.410 e. The van der Waals surface area contributed by atoms with Crippen molar-refractivity contribution in [1.82, 2.24) is 9.80 Å². The highest BCUT2D eigenvalue weighted by molar-refractivity contribution is 5.77. The Kier molecular flexibility index (Phi) is 3.98. The van der Waals surface area contributed by atoms with Gasteiger partial charge in [-0.3, -0.25) is 4.79 Å². The summed E-state index contributed by atoms with van der Waals surface area (Å²) >= 11 is 0. The van der Waals surface area contributed by atoms with Gasteiger partial charge >= 0.3 is 6.09 Å². The molecule has 0 saturated carbocycles. The van der Waals surface area contributed by atoms with Crippen LogP contribution < -0.4 is 0 Å². The third kappa shape index (κ3) is 3.07. The predicted octanol–water partition coefficient (Wildman–Crippen LogP) is 2.40. The summed E-state index contributed by atoms with van der Waals surface area (Å²) in [7, 11) is 1.91. The van der Waals surface area contributed by atoms with Crippen molar-refractivity contribution in [3.63, 3.8) is 0 Å². The maximum Gasteiger partial charge on any atom is 0.410 e. The summed E-state index contributed by atoms with van der Waals surface area (Å²) in [6, 6.07) is 0.